The highest BCUT2D eigenvalue weighted by Gasteiger charge is 2.13. The first-order valence-corrected chi connectivity index (χ1v) is 5.67. The molecular formula is C10H14N2S. The van der Waals surface area contributed by atoms with E-state index in [1.807, 2.05) is 24.2 Å². The summed E-state index contributed by atoms with van der Waals surface area (Å²) < 4.78 is 0. The van der Waals surface area contributed by atoms with Crippen LogP contribution in [-0.4, -0.2) is 23.8 Å². The van der Waals surface area contributed by atoms with E-state index in [9.17, 15) is 0 Å². The van der Waals surface area contributed by atoms with Gasteiger partial charge in [-0.15, -0.1) is 11.8 Å². The van der Waals surface area contributed by atoms with Gasteiger partial charge in [-0.25, -0.2) is 0 Å². The van der Waals surface area contributed by atoms with E-state index in [-0.39, 0.29) is 0 Å². The summed E-state index contributed by atoms with van der Waals surface area (Å²) in [5.74, 6) is 2.09. The summed E-state index contributed by atoms with van der Waals surface area (Å²) in [4.78, 5) is 5.33. The fourth-order valence-electron chi connectivity index (χ4n) is 1.51. The minimum absolute atomic E-state index is 0.859. The first-order chi connectivity index (χ1) is 6.45. The lowest BCUT2D eigenvalue weighted by atomic mass is 10.2. The second kappa shape index (κ2) is 4.63. The number of nitrogens with zero attached hydrogens (tertiary/aromatic N) is 1. The van der Waals surface area contributed by atoms with E-state index >= 15 is 0 Å². The molecule has 1 atom stereocenters. The third kappa shape index (κ3) is 2.71. The summed E-state index contributed by atoms with van der Waals surface area (Å²) in [5, 5.41) is 3.38. The van der Waals surface area contributed by atoms with Crippen molar-refractivity contribution in [3.8, 4) is 0 Å². The van der Waals surface area contributed by atoms with Crippen molar-refractivity contribution < 1.29 is 0 Å². The molecule has 0 bridgehead atoms. The predicted octanol–water partition coefficient (Wildman–Crippen LogP) is 1.78. The summed E-state index contributed by atoms with van der Waals surface area (Å²) in [6.07, 6.45) is 5.04. The van der Waals surface area contributed by atoms with E-state index in [4.69, 9.17) is 0 Å². The number of aromatic nitrogens is 1. The van der Waals surface area contributed by atoms with Crippen molar-refractivity contribution in [2.45, 2.75) is 11.3 Å². The second-order valence-electron chi connectivity index (χ2n) is 3.35. The van der Waals surface area contributed by atoms with Crippen molar-refractivity contribution in [3.05, 3.63) is 24.5 Å². The average molecular weight is 194 g/mol. The zero-order valence-electron chi connectivity index (χ0n) is 7.57. The Morgan fingerprint density at radius 1 is 1.46 bits per heavy atom. The van der Waals surface area contributed by atoms with Crippen LogP contribution in [0.2, 0.25) is 0 Å². The van der Waals surface area contributed by atoms with Crippen LogP contribution in [0, 0.1) is 5.92 Å². The van der Waals surface area contributed by atoms with Crippen LogP contribution in [0.3, 0.4) is 0 Å². The lowest BCUT2D eigenvalue weighted by Crippen LogP contribution is -2.10. The van der Waals surface area contributed by atoms with Gasteiger partial charge in [-0.05, 0) is 37.6 Å². The largest absolute Gasteiger partial charge is 0.316 e. The van der Waals surface area contributed by atoms with Crippen molar-refractivity contribution >= 4 is 11.8 Å². The van der Waals surface area contributed by atoms with Crippen molar-refractivity contribution in [2.75, 3.05) is 18.8 Å². The molecule has 1 aliphatic heterocycles. The number of hydrogen-bond acceptors (Lipinski definition) is 3. The third-order valence-corrected chi connectivity index (χ3v) is 3.54. The quantitative estimate of drug-likeness (QED) is 0.742. The van der Waals surface area contributed by atoms with Crippen molar-refractivity contribution in [2.24, 2.45) is 5.92 Å². The van der Waals surface area contributed by atoms with Crippen LogP contribution in [0.5, 0.6) is 0 Å². The van der Waals surface area contributed by atoms with E-state index in [0.717, 1.165) is 5.92 Å². The van der Waals surface area contributed by atoms with Gasteiger partial charge >= 0.3 is 0 Å². The van der Waals surface area contributed by atoms with E-state index < -0.39 is 0 Å². The van der Waals surface area contributed by atoms with E-state index in [1.54, 1.807) is 0 Å². The number of hydrogen-bond donors (Lipinski definition) is 1. The SMILES string of the molecule is c1cc(SCC2CCNC2)ccn1. The summed E-state index contributed by atoms with van der Waals surface area (Å²) in [7, 11) is 0. The van der Waals surface area contributed by atoms with Crippen LogP contribution in [-0.2, 0) is 0 Å². The van der Waals surface area contributed by atoms with Crippen LogP contribution in [0.15, 0.2) is 29.4 Å². The summed E-state index contributed by atoms with van der Waals surface area (Å²) in [6, 6.07) is 4.15. The van der Waals surface area contributed by atoms with Crippen molar-refractivity contribution in [1.82, 2.24) is 10.3 Å². The Kier molecular flexibility index (Phi) is 3.22. The van der Waals surface area contributed by atoms with Crippen molar-refractivity contribution in [3.63, 3.8) is 0 Å². The van der Waals surface area contributed by atoms with Gasteiger partial charge in [-0.3, -0.25) is 4.98 Å². The third-order valence-electron chi connectivity index (χ3n) is 2.30. The fraction of sp³-hybridized carbons (Fsp3) is 0.500. The standard InChI is InChI=1S/C10H14N2S/c1-4-12-7-9(1)8-13-10-2-5-11-6-3-10/h2-3,5-6,9,12H,1,4,7-8H2. The molecule has 1 fully saturated rings. The Labute approximate surface area is 83.1 Å². The topological polar surface area (TPSA) is 24.9 Å². The molecule has 0 aliphatic carbocycles. The highest BCUT2D eigenvalue weighted by Crippen LogP contribution is 2.22. The molecule has 1 saturated heterocycles. The normalized spacial score (nSPS) is 22.0. The number of nitrogens with one attached hydrogen (secondary N) is 1. The molecule has 0 aromatic carbocycles. The lowest BCUT2D eigenvalue weighted by Gasteiger charge is -2.06. The molecule has 2 rings (SSSR count). The predicted molar refractivity (Wildman–Crippen MR) is 55.9 cm³/mol. The molecule has 0 spiro atoms. The molecule has 1 aliphatic rings. The molecule has 0 radical (unpaired) electrons. The maximum atomic E-state index is 4.00. The lowest BCUT2D eigenvalue weighted by molar-refractivity contribution is 0.662. The second-order valence-corrected chi connectivity index (χ2v) is 4.45. The molecule has 3 heteroatoms. The Morgan fingerprint density at radius 3 is 3.00 bits per heavy atom. The number of pyridine rings is 1. The Balaban J connectivity index is 1.79. The zero-order valence-corrected chi connectivity index (χ0v) is 8.39. The van der Waals surface area contributed by atoms with Crippen LogP contribution >= 0.6 is 11.8 Å². The highest BCUT2D eigenvalue weighted by molar-refractivity contribution is 7.99. The van der Waals surface area contributed by atoms with Gasteiger partial charge in [-0.2, -0.15) is 0 Å². The Morgan fingerprint density at radius 2 is 2.31 bits per heavy atom. The molecule has 1 aromatic heterocycles. The number of thioether (sulfide) groups is 1. The minimum atomic E-state index is 0.859. The molecule has 2 heterocycles. The molecule has 1 unspecified atom stereocenters. The maximum absolute atomic E-state index is 4.00. The first kappa shape index (κ1) is 9.03. The van der Waals surface area contributed by atoms with Crippen LogP contribution in [0.1, 0.15) is 6.42 Å². The minimum Gasteiger partial charge on any atom is -0.316 e. The summed E-state index contributed by atoms with van der Waals surface area (Å²) in [5.41, 5.74) is 0. The molecule has 0 amide bonds. The summed E-state index contributed by atoms with van der Waals surface area (Å²) >= 11 is 1.94. The number of rotatable bonds is 3. The van der Waals surface area contributed by atoms with Gasteiger partial charge in [0.15, 0.2) is 0 Å². The van der Waals surface area contributed by atoms with E-state index in [2.05, 4.69) is 22.4 Å². The molecule has 1 aromatic rings. The first-order valence-electron chi connectivity index (χ1n) is 4.69. The van der Waals surface area contributed by atoms with Crippen LogP contribution in [0.25, 0.3) is 0 Å². The van der Waals surface area contributed by atoms with E-state index in [1.165, 1.54) is 30.2 Å². The molecule has 13 heavy (non-hydrogen) atoms. The maximum Gasteiger partial charge on any atom is 0.0278 e. The van der Waals surface area contributed by atoms with Crippen LogP contribution in [0.4, 0.5) is 0 Å². The Hall–Kier alpha value is -0.540. The zero-order chi connectivity index (χ0) is 8.93. The van der Waals surface area contributed by atoms with Gasteiger partial charge in [0.25, 0.3) is 0 Å². The molecular weight excluding hydrogens is 180 g/mol. The fourth-order valence-corrected chi connectivity index (χ4v) is 2.53. The van der Waals surface area contributed by atoms with Gasteiger partial charge in [0.2, 0.25) is 0 Å². The summed E-state index contributed by atoms with van der Waals surface area (Å²) in [6.45, 7) is 2.39. The molecule has 2 nitrogen and oxygen atoms in total. The van der Waals surface area contributed by atoms with Gasteiger partial charge in [0.05, 0.1) is 0 Å². The molecule has 70 valence electrons. The molecule has 1 N–H and O–H groups in total. The van der Waals surface area contributed by atoms with E-state index in [0.29, 0.717) is 0 Å². The monoisotopic (exact) mass is 194 g/mol. The van der Waals surface area contributed by atoms with Gasteiger partial charge < -0.3 is 5.32 Å². The Bertz CT molecular complexity index is 244. The molecule has 0 saturated carbocycles. The highest BCUT2D eigenvalue weighted by atomic mass is 32.2. The van der Waals surface area contributed by atoms with Crippen molar-refractivity contribution in [1.29, 1.82) is 0 Å². The smallest absolute Gasteiger partial charge is 0.0278 e. The van der Waals surface area contributed by atoms with Crippen LogP contribution < -0.4 is 5.32 Å². The van der Waals surface area contributed by atoms with Gasteiger partial charge in [-0.1, -0.05) is 0 Å². The average Bonchev–Trinajstić information content (AvgIpc) is 2.69. The van der Waals surface area contributed by atoms with Gasteiger partial charge in [0, 0.05) is 23.0 Å². The van der Waals surface area contributed by atoms with Gasteiger partial charge in [0.1, 0.15) is 0 Å².